The van der Waals surface area contributed by atoms with Crippen LogP contribution in [-0.2, 0) is 0 Å². The molecule has 4 atom stereocenters. The lowest BCUT2D eigenvalue weighted by Gasteiger charge is -2.31. The van der Waals surface area contributed by atoms with Crippen molar-refractivity contribution in [1.82, 2.24) is 25.5 Å². The van der Waals surface area contributed by atoms with Gasteiger partial charge in [0.1, 0.15) is 17.5 Å². The average molecular weight is 423 g/mol. The maximum atomic E-state index is 14.5. The monoisotopic (exact) mass is 423 g/mol. The summed E-state index contributed by atoms with van der Waals surface area (Å²) in [7, 11) is 1.55. The van der Waals surface area contributed by atoms with Gasteiger partial charge in [-0.15, -0.1) is 5.10 Å². The molecule has 0 aliphatic carbocycles. The van der Waals surface area contributed by atoms with Crippen LogP contribution in [0.4, 0.5) is 4.39 Å². The lowest BCUT2D eigenvalue weighted by Crippen LogP contribution is -2.51. The van der Waals surface area contributed by atoms with Crippen LogP contribution in [0.25, 0.3) is 22.4 Å². The van der Waals surface area contributed by atoms with Crippen LogP contribution in [0.1, 0.15) is 19.3 Å². The summed E-state index contributed by atoms with van der Waals surface area (Å²) in [6.07, 6.45) is 3.82. The fourth-order valence-corrected chi connectivity index (χ4v) is 4.28. The van der Waals surface area contributed by atoms with E-state index in [1.807, 2.05) is 12.1 Å². The highest BCUT2D eigenvalue weighted by atomic mass is 19.1. The third kappa shape index (κ3) is 3.88. The van der Waals surface area contributed by atoms with Crippen LogP contribution in [-0.4, -0.2) is 56.7 Å². The van der Waals surface area contributed by atoms with Crippen molar-refractivity contribution in [2.45, 2.75) is 43.6 Å². The Morgan fingerprint density at radius 3 is 2.74 bits per heavy atom. The molecule has 2 bridgehead atoms. The molecular formula is C22H22FN5O3. The Hall–Kier alpha value is -3.33. The first-order valence-electron chi connectivity index (χ1n) is 10.2. The Morgan fingerprint density at radius 1 is 1.10 bits per heavy atom. The molecule has 2 N–H and O–H groups in total. The van der Waals surface area contributed by atoms with Crippen molar-refractivity contribution in [2.24, 2.45) is 0 Å². The number of nitrogens with one attached hydrogen (secondary N) is 1. The summed E-state index contributed by atoms with van der Waals surface area (Å²) in [5, 5.41) is 21.9. The molecule has 5 rings (SSSR count). The van der Waals surface area contributed by atoms with Crippen LogP contribution < -0.4 is 14.8 Å². The summed E-state index contributed by atoms with van der Waals surface area (Å²) >= 11 is 0. The van der Waals surface area contributed by atoms with E-state index in [1.165, 1.54) is 6.20 Å². The van der Waals surface area contributed by atoms with Gasteiger partial charge in [0.05, 0.1) is 13.3 Å². The molecule has 0 amide bonds. The van der Waals surface area contributed by atoms with Gasteiger partial charge in [-0.1, -0.05) is 11.2 Å². The number of pyridine rings is 1. The minimum atomic E-state index is -1.09. The zero-order valence-electron chi connectivity index (χ0n) is 16.9. The van der Waals surface area contributed by atoms with Gasteiger partial charge in [-0.05, 0) is 42.2 Å². The molecule has 160 valence electrons. The van der Waals surface area contributed by atoms with E-state index in [2.05, 4.69) is 25.5 Å². The first-order chi connectivity index (χ1) is 15.1. The first-order valence-corrected chi connectivity index (χ1v) is 10.2. The van der Waals surface area contributed by atoms with E-state index in [1.54, 1.807) is 31.5 Å². The van der Waals surface area contributed by atoms with Crippen molar-refractivity contribution in [3.05, 3.63) is 42.7 Å². The number of aromatic nitrogens is 4. The molecule has 0 radical (unpaired) electrons. The quantitative estimate of drug-likeness (QED) is 0.646. The Labute approximate surface area is 178 Å². The highest BCUT2D eigenvalue weighted by Gasteiger charge is 2.43. The van der Waals surface area contributed by atoms with Gasteiger partial charge in [-0.25, -0.2) is 14.4 Å². The minimum Gasteiger partial charge on any atom is -0.507 e. The third-order valence-corrected chi connectivity index (χ3v) is 5.88. The van der Waals surface area contributed by atoms with Gasteiger partial charge in [-0.2, -0.15) is 0 Å². The van der Waals surface area contributed by atoms with Crippen LogP contribution in [0.2, 0.25) is 0 Å². The van der Waals surface area contributed by atoms with E-state index in [9.17, 15) is 9.50 Å². The van der Waals surface area contributed by atoms with Crippen molar-refractivity contribution in [2.75, 3.05) is 7.11 Å². The first kappa shape index (κ1) is 19.6. The van der Waals surface area contributed by atoms with E-state index in [-0.39, 0.29) is 23.8 Å². The van der Waals surface area contributed by atoms with Crippen molar-refractivity contribution in [1.29, 1.82) is 0 Å². The van der Waals surface area contributed by atoms with Crippen molar-refractivity contribution < 1.29 is 19.0 Å². The van der Waals surface area contributed by atoms with Gasteiger partial charge >= 0.3 is 6.01 Å². The molecule has 2 unspecified atom stereocenters. The number of ether oxygens (including phenoxy) is 2. The van der Waals surface area contributed by atoms with Crippen LogP contribution in [0.5, 0.6) is 17.6 Å². The summed E-state index contributed by atoms with van der Waals surface area (Å²) in [6.45, 7) is 0. The molecule has 4 heterocycles. The second kappa shape index (κ2) is 8.07. The molecule has 0 spiro atoms. The number of alkyl halides is 1. The number of piperidine rings is 1. The van der Waals surface area contributed by atoms with Gasteiger partial charge in [0.15, 0.2) is 6.17 Å². The molecule has 8 nitrogen and oxygen atoms in total. The summed E-state index contributed by atoms with van der Waals surface area (Å²) in [6, 6.07) is 9.01. The fourth-order valence-electron chi connectivity index (χ4n) is 4.28. The van der Waals surface area contributed by atoms with Crippen molar-refractivity contribution in [3.8, 4) is 40.0 Å². The van der Waals surface area contributed by atoms with Gasteiger partial charge in [0, 0.05) is 36.3 Å². The molecule has 2 aliphatic heterocycles. The molecule has 2 aliphatic rings. The van der Waals surface area contributed by atoms with Gasteiger partial charge < -0.3 is 19.9 Å². The number of benzene rings is 1. The topological polar surface area (TPSA) is 102 Å². The van der Waals surface area contributed by atoms with E-state index in [0.29, 0.717) is 23.6 Å². The second-order valence-corrected chi connectivity index (χ2v) is 7.83. The molecule has 1 aromatic carbocycles. The summed E-state index contributed by atoms with van der Waals surface area (Å²) in [5.74, 6) is 0.529. The zero-order valence-corrected chi connectivity index (χ0v) is 16.9. The number of nitrogens with zero attached hydrogens (tertiary/aromatic N) is 4. The lowest BCUT2D eigenvalue weighted by atomic mass is 10.0. The standard InChI is InChI=1S/C22H22FN5O3/c1-30-20-9-13(6-7-24-20)12-2-4-15(18(29)8-12)17-11-25-22(28-27-17)31-19-10-14-3-5-16(26-14)21(19)23/h2,4,6-9,11,14,16,19,21,26,29H,3,5,10H2,1H3/t14?,16?,19-,21+/m1/s1. The van der Waals surface area contributed by atoms with Crippen LogP contribution in [0, 0.1) is 0 Å². The van der Waals surface area contributed by atoms with E-state index >= 15 is 0 Å². The number of fused-ring (bicyclic) bond motifs is 2. The summed E-state index contributed by atoms with van der Waals surface area (Å²) in [4.78, 5) is 8.27. The predicted octanol–water partition coefficient (Wildman–Crippen LogP) is 2.92. The SMILES string of the molecule is COc1cc(-c2ccc(-c3cnc(O[C@@H]4CC5CCC(N5)[C@@H]4F)nn3)c(O)c2)ccn1. The Kier molecular flexibility index (Phi) is 5.11. The number of methoxy groups -OCH3 is 1. The molecule has 3 aromatic rings. The molecule has 2 aromatic heterocycles. The molecule has 2 saturated heterocycles. The molecule has 0 saturated carbocycles. The number of phenols is 1. The number of aromatic hydroxyl groups is 1. The number of hydrogen-bond acceptors (Lipinski definition) is 8. The minimum absolute atomic E-state index is 0.0387. The highest BCUT2D eigenvalue weighted by Crippen LogP contribution is 2.34. The number of halogens is 1. The van der Waals surface area contributed by atoms with E-state index in [0.717, 1.165) is 24.0 Å². The lowest BCUT2D eigenvalue weighted by molar-refractivity contribution is 0.0386. The normalized spacial score (nSPS) is 24.7. The van der Waals surface area contributed by atoms with Crippen LogP contribution in [0.15, 0.2) is 42.7 Å². The molecule has 31 heavy (non-hydrogen) atoms. The largest absolute Gasteiger partial charge is 0.507 e. The van der Waals surface area contributed by atoms with Crippen LogP contribution in [0.3, 0.4) is 0 Å². The Bertz CT molecular complexity index is 1080. The Morgan fingerprint density at radius 2 is 1.97 bits per heavy atom. The maximum Gasteiger partial charge on any atom is 0.336 e. The van der Waals surface area contributed by atoms with Crippen LogP contribution >= 0.6 is 0 Å². The summed E-state index contributed by atoms with van der Waals surface area (Å²) < 4.78 is 25.4. The number of rotatable bonds is 5. The van der Waals surface area contributed by atoms with Crippen molar-refractivity contribution >= 4 is 0 Å². The number of phenolic OH excluding ortho intramolecular Hbond substituents is 1. The van der Waals surface area contributed by atoms with Gasteiger partial charge in [-0.3, -0.25) is 0 Å². The molecular weight excluding hydrogens is 401 g/mol. The fraction of sp³-hybridized carbons (Fsp3) is 0.364. The molecule has 2 fully saturated rings. The number of hydrogen-bond donors (Lipinski definition) is 2. The van der Waals surface area contributed by atoms with Gasteiger partial charge in [0.2, 0.25) is 5.88 Å². The van der Waals surface area contributed by atoms with E-state index in [4.69, 9.17) is 9.47 Å². The second-order valence-electron chi connectivity index (χ2n) is 7.83. The predicted molar refractivity (Wildman–Crippen MR) is 111 cm³/mol. The summed E-state index contributed by atoms with van der Waals surface area (Å²) in [5.41, 5.74) is 2.54. The smallest absolute Gasteiger partial charge is 0.336 e. The van der Waals surface area contributed by atoms with Crippen molar-refractivity contribution in [3.63, 3.8) is 0 Å². The maximum absolute atomic E-state index is 14.5. The highest BCUT2D eigenvalue weighted by molar-refractivity contribution is 5.74. The van der Waals surface area contributed by atoms with Gasteiger partial charge in [0.25, 0.3) is 0 Å². The molecule has 9 heteroatoms. The zero-order chi connectivity index (χ0) is 21.4. The average Bonchev–Trinajstić information content (AvgIpc) is 3.21. The third-order valence-electron chi connectivity index (χ3n) is 5.88. The Balaban J connectivity index is 1.32. The van der Waals surface area contributed by atoms with E-state index < -0.39 is 12.3 Å².